The zero-order valence-electron chi connectivity index (χ0n) is 15.2. The van der Waals surface area contributed by atoms with Crippen LogP contribution in [-0.2, 0) is 20.9 Å². The zero-order chi connectivity index (χ0) is 20.0. The van der Waals surface area contributed by atoms with Crippen molar-refractivity contribution < 1.29 is 19.1 Å². The first-order chi connectivity index (χ1) is 12.8. The molecule has 0 bridgehead atoms. The molecule has 0 radical (unpaired) electrons. The SMILES string of the molecule is CCn1c(SCC(=O)OC(C(=O)NC(N)=O)C(C)C)nnc1-c1cccs1. The largest absolute Gasteiger partial charge is 0.451 e. The van der Waals surface area contributed by atoms with E-state index in [1.165, 1.54) is 11.8 Å². The van der Waals surface area contributed by atoms with Gasteiger partial charge >= 0.3 is 12.0 Å². The van der Waals surface area contributed by atoms with Gasteiger partial charge in [0, 0.05) is 6.54 Å². The predicted octanol–water partition coefficient (Wildman–Crippen LogP) is 1.88. The Labute approximate surface area is 164 Å². The van der Waals surface area contributed by atoms with E-state index in [2.05, 4.69) is 10.2 Å². The first kappa shape index (κ1) is 20.9. The Hall–Kier alpha value is -2.40. The van der Waals surface area contributed by atoms with E-state index in [0.29, 0.717) is 11.7 Å². The molecule has 2 aromatic rings. The van der Waals surface area contributed by atoms with Gasteiger partial charge in [-0.15, -0.1) is 21.5 Å². The third-order valence-electron chi connectivity index (χ3n) is 3.46. The van der Waals surface area contributed by atoms with Crippen molar-refractivity contribution in [1.82, 2.24) is 20.1 Å². The van der Waals surface area contributed by atoms with Crippen LogP contribution in [0.5, 0.6) is 0 Å². The monoisotopic (exact) mass is 411 g/mol. The summed E-state index contributed by atoms with van der Waals surface area (Å²) in [7, 11) is 0. The summed E-state index contributed by atoms with van der Waals surface area (Å²) in [5.41, 5.74) is 4.94. The molecule has 2 aromatic heterocycles. The van der Waals surface area contributed by atoms with Crippen LogP contribution in [-0.4, -0.2) is 44.5 Å². The Kier molecular flexibility index (Phi) is 7.36. The molecule has 9 nitrogen and oxygen atoms in total. The van der Waals surface area contributed by atoms with Crippen molar-refractivity contribution in [2.75, 3.05) is 5.75 Å². The molecule has 2 rings (SSSR count). The van der Waals surface area contributed by atoms with Crippen LogP contribution in [0.3, 0.4) is 0 Å². The van der Waals surface area contributed by atoms with Gasteiger partial charge in [0.2, 0.25) is 0 Å². The van der Waals surface area contributed by atoms with Crippen LogP contribution < -0.4 is 11.1 Å². The van der Waals surface area contributed by atoms with Crippen molar-refractivity contribution in [2.45, 2.75) is 38.6 Å². The molecular weight excluding hydrogens is 390 g/mol. The standard InChI is InChI=1S/C16H21N5O4S2/c1-4-21-13(10-6-5-7-26-10)19-20-16(21)27-8-11(22)25-12(9(2)3)14(23)18-15(17)24/h5-7,9,12H,4,8H2,1-3H3,(H3,17,18,23,24). The molecule has 0 saturated heterocycles. The summed E-state index contributed by atoms with van der Waals surface area (Å²) < 4.78 is 7.12. The molecule has 1 unspecified atom stereocenters. The number of aromatic nitrogens is 3. The molecule has 146 valence electrons. The maximum atomic E-state index is 12.2. The highest BCUT2D eigenvalue weighted by molar-refractivity contribution is 7.99. The second kappa shape index (κ2) is 9.51. The molecule has 0 aliphatic rings. The van der Waals surface area contributed by atoms with Gasteiger partial charge < -0.3 is 15.0 Å². The Bertz CT molecular complexity index is 804. The zero-order valence-corrected chi connectivity index (χ0v) is 16.8. The number of nitrogens with one attached hydrogen (secondary N) is 1. The topological polar surface area (TPSA) is 129 Å². The summed E-state index contributed by atoms with van der Waals surface area (Å²) in [4.78, 5) is 35.9. The van der Waals surface area contributed by atoms with E-state index < -0.39 is 24.0 Å². The average Bonchev–Trinajstić information content (AvgIpc) is 3.25. The van der Waals surface area contributed by atoms with Crippen molar-refractivity contribution in [2.24, 2.45) is 11.7 Å². The molecular formula is C16H21N5O4S2. The molecule has 3 N–H and O–H groups in total. The van der Waals surface area contributed by atoms with E-state index in [1.807, 2.05) is 34.3 Å². The van der Waals surface area contributed by atoms with Crippen molar-refractivity contribution in [3.8, 4) is 10.7 Å². The van der Waals surface area contributed by atoms with Gasteiger partial charge in [0.1, 0.15) is 0 Å². The highest BCUT2D eigenvalue weighted by Gasteiger charge is 2.27. The fourth-order valence-electron chi connectivity index (χ4n) is 2.25. The summed E-state index contributed by atoms with van der Waals surface area (Å²) in [6.07, 6.45) is -1.10. The van der Waals surface area contributed by atoms with E-state index in [-0.39, 0.29) is 11.7 Å². The van der Waals surface area contributed by atoms with Gasteiger partial charge in [0.15, 0.2) is 17.1 Å². The van der Waals surface area contributed by atoms with Gasteiger partial charge in [-0.25, -0.2) is 4.79 Å². The lowest BCUT2D eigenvalue weighted by atomic mass is 10.1. The summed E-state index contributed by atoms with van der Waals surface area (Å²) in [6.45, 7) is 6.01. The molecule has 11 heteroatoms. The van der Waals surface area contributed by atoms with Gasteiger partial charge in [0.05, 0.1) is 10.6 Å². The first-order valence-electron chi connectivity index (χ1n) is 8.23. The minimum Gasteiger partial charge on any atom is -0.451 e. The molecule has 0 aromatic carbocycles. The molecule has 0 saturated carbocycles. The van der Waals surface area contributed by atoms with E-state index in [1.54, 1.807) is 25.2 Å². The molecule has 0 spiro atoms. The van der Waals surface area contributed by atoms with Gasteiger partial charge in [-0.3, -0.25) is 14.9 Å². The minimum atomic E-state index is -1.10. The lowest BCUT2D eigenvalue weighted by Gasteiger charge is -2.19. The molecule has 27 heavy (non-hydrogen) atoms. The van der Waals surface area contributed by atoms with Crippen molar-refractivity contribution in [3.63, 3.8) is 0 Å². The lowest BCUT2D eigenvalue weighted by molar-refractivity contribution is -0.155. The van der Waals surface area contributed by atoms with Crippen molar-refractivity contribution in [3.05, 3.63) is 17.5 Å². The van der Waals surface area contributed by atoms with Crippen molar-refractivity contribution in [1.29, 1.82) is 0 Å². The smallest absolute Gasteiger partial charge is 0.318 e. The van der Waals surface area contributed by atoms with Crippen molar-refractivity contribution >= 4 is 41.0 Å². The number of imide groups is 1. The molecule has 1 atom stereocenters. The van der Waals surface area contributed by atoms with Gasteiger partial charge in [0.25, 0.3) is 5.91 Å². The highest BCUT2D eigenvalue weighted by atomic mass is 32.2. The van der Waals surface area contributed by atoms with Crippen LogP contribution in [0.1, 0.15) is 20.8 Å². The Morgan fingerprint density at radius 2 is 2.11 bits per heavy atom. The Balaban J connectivity index is 2.00. The summed E-state index contributed by atoms with van der Waals surface area (Å²) >= 11 is 2.73. The maximum Gasteiger partial charge on any atom is 0.318 e. The highest BCUT2D eigenvalue weighted by Crippen LogP contribution is 2.27. The number of rotatable bonds is 8. The number of thioether (sulfide) groups is 1. The molecule has 3 amide bonds. The number of carbonyl (C=O) groups excluding carboxylic acids is 3. The Morgan fingerprint density at radius 1 is 1.37 bits per heavy atom. The fraction of sp³-hybridized carbons (Fsp3) is 0.438. The number of nitrogens with zero attached hydrogens (tertiary/aromatic N) is 3. The van der Waals surface area contributed by atoms with Gasteiger partial charge in [-0.05, 0) is 24.3 Å². The van der Waals surface area contributed by atoms with Gasteiger partial charge in [-0.2, -0.15) is 0 Å². The minimum absolute atomic E-state index is 0.0460. The van der Waals surface area contributed by atoms with Crippen LogP contribution >= 0.6 is 23.1 Å². The van der Waals surface area contributed by atoms with Crippen LogP contribution in [0, 0.1) is 5.92 Å². The number of amides is 3. The van der Waals surface area contributed by atoms with Crippen LogP contribution in [0.15, 0.2) is 22.7 Å². The molecule has 0 fully saturated rings. The average molecular weight is 412 g/mol. The predicted molar refractivity (Wildman–Crippen MR) is 102 cm³/mol. The third kappa shape index (κ3) is 5.54. The molecule has 2 heterocycles. The van der Waals surface area contributed by atoms with Crippen LogP contribution in [0.4, 0.5) is 4.79 Å². The second-order valence-electron chi connectivity index (χ2n) is 5.82. The normalized spacial score (nSPS) is 12.0. The van der Waals surface area contributed by atoms with Crippen LogP contribution in [0.2, 0.25) is 0 Å². The van der Waals surface area contributed by atoms with Crippen LogP contribution in [0.25, 0.3) is 10.7 Å². The Morgan fingerprint density at radius 3 is 2.67 bits per heavy atom. The second-order valence-corrected chi connectivity index (χ2v) is 7.71. The fourth-order valence-corrected chi connectivity index (χ4v) is 3.75. The number of urea groups is 1. The lowest BCUT2D eigenvalue weighted by Crippen LogP contribution is -2.45. The summed E-state index contributed by atoms with van der Waals surface area (Å²) in [5, 5.41) is 12.8. The number of carbonyl (C=O) groups is 3. The molecule has 0 aliphatic heterocycles. The van der Waals surface area contributed by atoms with E-state index in [9.17, 15) is 14.4 Å². The van der Waals surface area contributed by atoms with E-state index in [0.717, 1.165) is 10.7 Å². The number of ether oxygens (including phenoxy) is 1. The maximum absolute atomic E-state index is 12.2. The quantitative estimate of drug-likeness (QED) is 0.501. The third-order valence-corrected chi connectivity index (χ3v) is 5.27. The number of primary amides is 1. The number of esters is 1. The number of thiophene rings is 1. The summed E-state index contributed by atoms with van der Waals surface area (Å²) in [5.74, 6) is -0.961. The number of hydrogen-bond acceptors (Lipinski definition) is 8. The van der Waals surface area contributed by atoms with E-state index >= 15 is 0 Å². The summed E-state index contributed by atoms with van der Waals surface area (Å²) in [6, 6.07) is 2.89. The van der Waals surface area contributed by atoms with E-state index in [4.69, 9.17) is 10.5 Å². The number of hydrogen-bond donors (Lipinski definition) is 2. The number of nitrogens with two attached hydrogens (primary N) is 1. The van der Waals surface area contributed by atoms with Gasteiger partial charge in [-0.1, -0.05) is 31.7 Å². The first-order valence-corrected chi connectivity index (χ1v) is 10.1. The molecule has 0 aliphatic carbocycles.